The van der Waals surface area contributed by atoms with Gasteiger partial charge < -0.3 is 19.5 Å². The molecule has 1 atom stereocenters. The normalized spacial score (nSPS) is 18.6. The number of hydrogen-bond donors (Lipinski definition) is 1. The van der Waals surface area contributed by atoms with Gasteiger partial charge in [-0.2, -0.15) is 0 Å². The number of nitrogens with zero attached hydrogens (tertiary/aromatic N) is 3. The van der Waals surface area contributed by atoms with Crippen molar-refractivity contribution in [2.24, 2.45) is 5.92 Å². The number of pyridine rings is 1. The van der Waals surface area contributed by atoms with Crippen LogP contribution in [0.3, 0.4) is 0 Å². The predicted octanol–water partition coefficient (Wildman–Crippen LogP) is 3.70. The van der Waals surface area contributed by atoms with Crippen LogP contribution >= 0.6 is 0 Å². The first-order valence-electron chi connectivity index (χ1n) is 11.5. The van der Waals surface area contributed by atoms with E-state index in [9.17, 15) is 9.59 Å². The molecule has 1 aliphatic heterocycles. The summed E-state index contributed by atoms with van der Waals surface area (Å²) in [5.74, 6) is 1.23. The molecule has 3 aromatic rings. The quantitative estimate of drug-likeness (QED) is 0.618. The van der Waals surface area contributed by atoms with Gasteiger partial charge in [0.15, 0.2) is 5.69 Å². The highest BCUT2D eigenvalue weighted by molar-refractivity contribution is 6.06. The molecule has 8 heteroatoms. The van der Waals surface area contributed by atoms with Gasteiger partial charge in [-0.05, 0) is 30.9 Å². The number of fused-ring (bicyclic) bond motifs is 1. The minimum absolute atomic E-state index is 0.137. The molecular formula is C25H28N4O4. The Balaban J connectivity index is 1.39. The zero-order chi connectivity index (χ0) is 22.9. The van der Waals surface area contributed by atoms with Gasteiger partial charge in [0.2, 0.25) is 0 Å². The highest BCUT2D eigenvalue weighted by Crippen LogP contribution is 2.40. The molecule has 3 heterocycles. The van der Waals surface area contributed by atoms with E-state index in [1.54, 1.807) is 17.0 Å². The monoisotopic (exact) mass is 448 g/mol. The topological polar surface area (TPSA) is 97.6 Å². The average Bonchev–Trinajstić information content (AvgIpc) is 3.57. The van der Waals surface area contributed by atoms with Crippen molar-refractivity contribution < 1.29 is 18.8 Å². The van der Waals surface area contributed by atoms with Gasteiger partial charge in [-0.3, -0.25) is 9.59 Å². The third kappa shape index (κ3) is 4.61. The second-order valence-electron chi connectivity index (χ2n) is 9.22. The fourth-order valence-electron chi connectivity index (χ4n) is 4.07. The Labute approximate surface area is 192 Å². The van der Waals surface area contributed by atoms with Gasteiger partial charge in [-0.1, -0.05) is 37.2 Å². The molecule has 0 spiro atoms. The minimum atomic E-state index is -0.432. The van der Waals surface area contributed by atoms with Gasteiger partial charge in [0, 0.05) is 30.5 Å². The highest BCUT2D eigenvalue weighted by Gasteiger charge is 2.32. The molecule has 1 aromatic carbocycles. The van der Waals surface area contributed by atoms with Crippen LogP contribution in [0.1, 0.15) is 71.0 Å². The summed E-state index contributed by atoms with van der Waals surface area (Å²) >= 11 is 0. The number of hydrogen-bond acceptors (Lipinski definition) is 6. The Morgan fingerprint density at radius 3 is 2.82 bits per heavy atom. The summed E-state index contributed by atoms with van der Waals surface area (Å²) < 4.78 is 11.3. The summed E-state index contributed by atoms with van der Waals surface area (Å²) in [6, 6.07) is 11.1. The summed E-state index contributed by atoms with van der Waals surface area (Å²) in [6.45, 7) is 5.89. The van der Waals surface area contributed by atoms with Crippen LogP contribution < -0.4 is 5.32 Å². The molecule has 2 aromatic heterocycles. The van der Waals surface area contributed by atoms with Crippen molar-refractivity contribution in [2.75, 3.05) is 26.2 Å². The lowest BCUT2D eigenvalue weighted by Crippen LogP contribution is -2.42. The zero-order valence-electron chi connectivity index (χ0n) is 18.9. The number of carbonyl (C=O) groups excluding carboxylic acids is 2. The summed E-state index contributed by atoms with van der Waals surface area (Å²) in [5.41, 5.74) is 2.26. The van der Waals surface area contributed by atoms with Gasteiger partial charge >= 0.3 is 0 Å². The fourth-order valence-corrected chi connectivity index (χ4v) is 4.07. The number of carbonyl (C=O) groups is 2. The average molecular weight is 449 g/mol. The minimum Gasteiger partial charge on any atom is -0.368 e. The van der Waals surface area contributed by atoms with Crippen LogP contribution in [0.25, 0.3) is 10.9 Å². The Morgan fingerprint density at radius 2 is 2.03 bits per heavy atom. The molecule has 0 bridgehead atoms. The Kier molecular flexibility index (Phi) is 5.85. The van der Waals surface area contributed by atoms with Gasteiger partial charge in [0.1, 0.15) is 11.9 Å². The van der Waals surface area contributed by atoms with E-state index in [1.165, 1.54) is 0 Å². The molecule has 5 rings (SSSR count). The summed E-state index contributed by atoms with van der Waals surface area (Å²) in [6.07, 6.45) is 1.74. The summed E-state index contributed by atoms with van der Waals surface area (Å²) in [4.78, 5) is 32.5. The van der Waals surface area contributed by atoms with Crippen molar-refractivity contribution in [1.29, 1.82) is 0 Å². The zero-order valence-corrected chi connectivity index (χ0v) is 18.9. The van der Waals surface area contributed by atoms with Crippen molar-refractivity contribution in [3.63, 3.8) is 0 Å². The molecule has 172 valence electrons. The maximum absolute atomic E-state index is 13.0. The maximum Gasteiger partial charge on any atom is 0.276 e. The molecule has 0 radical (unpaired) electrons. The maximum atomic E-state index is 13.0. The SMILES string of the molecule is CC(C)CNC(=O)c1cc(C2CN(C(=O)c3cc(C4CC4)on3)CCO2)nc2ccccc12. The summed E-state index contributed by atoms with van der Waals surface area (Å²) in [7, 11) is 0. The summed E-state index contributed by atoms with van der Waals surface area (Å²) in [5, 5.41) is 7.78. The Morgan fingerprint density at radius 1 is 1.21 bits per heavy atom. The van der Waals surface area contributed by atoms with Gasteiger partial charge in [-0.25, -0.2) is 4.98 Å². The van der Waals surface area contributed by atoms with Crippen LogP contribution in [0, 0.1) is 5.92 Å². The van der Waals surface area contributed by atoms with Gasteiger partial charge in [0.25, 0.3) is 11.8 Å². The molecule has 1 N–H and O–H groups in total. The van der Waals surface area contributed by atoms with Crippen LogP contribution in [-0.2, 0) is 4.74 Å². The van der Waals surface area contributed by atoms with E-state index in [2.05, 4.69) is 24.3 Å². The Hall–Kier alpha value is -3.26. The highest BCUT2D eigenvalue weighted by atomic mass is 16.5. The van der Waals surface area contributed by atoms with E-state index < -0.39 is 6.10 Å². The molecule has 33 heavy (non-hydrogen) atoms. The van der Waals surface area contributed by atoms with Crippen LogP contribution in [0.4, 0.5) is 0 Å². The second-order valence-corrected chi connectivity index (χ2v) is 9.22. The number of ether oxygens (including phenoxy) is 1. The molecular weight excluding hydrogens is 420 g/mol. The van der Waals surface area contributed by atoms with E-state index in [0.29, 0.717) is 55.0 Å². The van der Waals surface area contributed by atoms with E-state index in [4.69, 9.17) is 14.2 Å². The van der Waals surface area contributed by atoms with E-state index in [-0.39, 0.29) is 11.8 Å². The van der Waals surface area contributed by atoms with Crippen molar-refractivity contribution in [3.8, 4) is 0 Å². The fraction of sp³-hybridized carbons (Fsp3) is 0.440. The number of rotatable bonds is 6. The number of nitrogens with one attached hydrogen (secondary N) is 1. The lowest BCUT2D eigenvalue weighted by molar-refractivity contribution is -0.0249. The van der Waals surface area contributed by atoms with Crippen LogP contribution in [0.2, 0.25) is 0 Å². The predicted molar refractivity (Wildman–Crippen MR) is 122 cm³/mol. The van der Waals surface area contributed by atoms with E-state index >= 15 is 0 Å². The molecule has 1 saturated carbocycles. The molecule has 2 fully saturated rings. The molecule has 1 unspecified atom stereocenters. The van der Waals surface area contributed by atoms with Gasteiger partial charge in [-0.15, -0.1) is 0 Å². The second kappa shape index (κ2) is 8.94. The molecule has 1 saturated heterocycles. The number of benzene rings is 1. The first-order chi connectivity index (χ1) is 16.0. The molecule has 1 aliphatic carbocycles. The lowest BCUT2D eigenvalue weighted by atomic mass is 10.0. The first-order valence-corrected chi connectivity index (χ1v) is 11.5. The Bertz CT molecular complexity index is 1180. The number of morpholine rings is 1. The van der Waals surface area contributed by atoms with E-state index in [0.717, 1.165) is 29.5 Å². The van der Waals surface area contributed by atoms with Crippen LogP contribution in [0.15, 0.2) is 40.9 Å². The molecule has 2 aliphatic rings. The smallest absolute Gasteiger partial charge is 0.276 e. The van der Waals surface area contributed by atoms with Crippen molar-refractivity contribution >= 4 is 22.7 Å². The lowest BCUT2D eigenvalue weighted by Gasteiger charge is -2.32. The van der Waals surface area contributed by atoms with E-state index in [1.807, 2.05) is 24.3 Å². The first kappa shape index (κ1) is 21.6. The number of amides is 2. The van der Waals surface area contributed by atoms with Gasteiger partial charge in [0.05, 0.1) is 29.9 Å². The number of para-hydroxylation sites is 1. The van der Waals surface area contributed by atoms with Crippen molar-refractivity contribution in [1.82, 2.24) is 20.4 Å². The van der Waals surface area contributed by atoms with Crippen LogP contribution in [-0.4, -0.2) is 53.1 Å². The molecule has 8 nitrogen and oxygen atoms in total. The van der Waals surface area contributed by atoms with Crippen LogP contribution in [0.5, 0.6) is 0 Å². The van der Waals surface area contributed by atoms with Crippen molar-refractivity contribution in [2.45, 2.75) is 38.7 Å². The third-order valence-corrected chi connectivity index (χ3v) is 6.06. The third-order valence-electron chi connectivity index (χ3n) is 6.06. The molecule has 2 amide bonds. The standard InChI is InChI=1S/C25H28N4O4/c1-15(2)13-26-24(30)18-11-20(27-19-6-4-3-5-17(18)19)23-14-29(9-10-32-23)25(31)21-12-22(33-28-21)16-7-8-16/h3-6,11-12,15-16,23H,7-10,13-14H2,1-2H3,(H,26,30). The van der Waals surface area contributed by atoms with Crippen molar-refractivity contribution in [3.05, 3.63) is 59.1 Å². The largest absolute Gasteiger partial charge is 0.368 e. The number of aromatic nitrogens is 2.